The summed E-state index contributed by atoms with van der Waals surface area (Å²) in [5, 5.41) is 3.66. The van der Waals surface area contributed by atoms with Gasteiger partial charge in [0, 0.05) is 30.7 Å². The number of aromatic nitrogens is 1. The van der Waals surface area contributed by atoms with Crippen LogP contribution in [0.4, 0.5) is 0 Å². The van der Waals surface area contributed by atoms with Gasteiger partial charge in [0.25, 0.3) is 5.91 Å². The summed E-state index contributed by atoms with van der Waals surface area (Å²) in [7, 11) is 0. The van der Waals surface area contributed by atoms with Gasteiger partial charge in [0.05, 0.1) is 10.6 Å². The molecule has 2 atom stereocenters. The van der Waals surface area contributed by atoms with Gasteiger partial charge in [-0.15, -0.1) is 0 Å². The van der Waals surface area contributed by atoms with Crippen molar-refractivity contribution in [2.24, 2.45) is 5.92 Å². The Hall–Kier alpha value is -1.78. The van der Waals surface area contributed by atoms with Crippen LogP contribution >= 0.6 is 11.6 Å². The Kier molecular flexibility index (Phi) is 5.32. The molecule has 3 heterocycles. The van der Waals surface area contributed by atoms with E-state index in [9.17, 15) is 4.79 Å². The van der Waals surface area contributed by atoms with Gasteiger partial charge in [0.1, 0.15) is 0 Å². The molecule has 2 aromatic rings. The molecule has 0 aliphatic carbocycles. The average molecular weight is 372 g/mol. The number of fused-ring (bicyclic) bond motifs is 1. The number of halogens is 1. The first-order valence-electron chi connectivity index (χ1n) is 9.67. The molecule has 4 rings (SSSR count). The van der Waals surface area contributed by atoms with Gasteiger partial charge < -0.3 is 14.8 Å². The second-order valence-electron chi connectivity index (χ2n) is 7.47. The summed E-state index contributed by atoms with van der Waals surface area (Å²) < 4.78 is 1.98. The van der Waals surface area contributed by atoms with E-state index in [1.54, 1.807) is 6.07 Å². The summed E-state index contributed by atoms with van der Waals surface area (Å²) in [6.07, 6.45) is 10.3. The fraction of sp³-hybridized carbons (Fsp3) is 0.476. The molecule has 2 aliphatic rings. The van der Waals surface area contributed by atoms with Crippen LogP contribution in [0.1, 0.15) is 42.5 Å². The van der Waals surface area contributed by atoms with E-state index in [1.807, 2.05) is 41.2 Å². The van der Waals surface area contributed by atoms with Crippen LogP contribution in [0.5, 0.6) is 0 Å². The molecular weight excluding hydrogens is 346 g/mol. The van der Waals surface area contributed by atoms with Crippen LogP contribution in [0.3, 0.4) is 0 Å². The van der Waals surface area contributed by atoms with E-state index in [4.69, 9.17) is 11.6 Å². The minimum absolute atomic E-state index is 0.0723. The van der Waals surface area contributed by atoms with Crippen molar-refractivity contribution in [1.82, 2.24) is 14.8 Å². The summed E-state index contributed by atoms with van der Waals surface area (Å²) in [4.78, 5) is 15.4. The predicted octanol–water partition coefficient (Wildman–Crippen LogP) is 4.13. The van der Waals surface area contributed by atoms with Gasteiger partial charge >= 0.3 is 0 Å². The first kappa shape index (κ1) is 17.6. The first-order valence-corrected chi connectivity index (χ1v) is 10.1. The smallest absolute Gasteiger partial charge is 0.252 e. The molecule has 0 spiro atoms. The third-order valence-corrected chi connectivity index (χ3v) is 6.18. The predicted molar refractivity (Wildman–Crippen MR) is 105 cm³/mol. The number of carbonyl (C=O) groups excluding carboxylic acids is 1. The van der Waals surface area contributed by atoms with E-state index in [2.05, 4.69) is 10.2 Å². The summed E-state index contributed by atoms with van der Waals surface area (Å²) in [5.74, 6) is 0.483. The molecule has 0 radical (unpaired) electrons. The average Bonchev–Trinajstić information content (AvgIpc) is 3.21. The van der Waals surface area contributed by atoms with Crippen LogP contribution in [0.2, 0.25) is 5.02 Å². The van der Waals surface area contributed by atoms with Gasteiger partial charge in [-0.3, -0.25) is 4.79 Å². The van der Waals surface area contributed by atoms with Crippen molar-refractivity contribution in [1.29, 1.82) is 0 Å². The van der Waals surface area contributed by atoms with Crippen molar-refractivity contribution in [3.8, 4) is 5.69 Å². The molecule has 138 valence electrons. The van der Waals surface area contributed by atoms with E-state index in [1.165, 1.54) is 45.2 Å². The van der Waals surface area contributed by atoms with Crippen molar-refractivity contribution in [3.05, 3.63) is 53.3 Å². The van der Waals surface area contributed by atoms with Gasteiger partial charge in [-0.25, -0.2) is 0 Å². The molecular formula is C21H26ClN3O. The summed E-state index contributed by atoms with van der Waals surface area (Å²) >= 11 is 6.31. The van der Waals surface area contributed by atoms with Crippen LogP contribution in [0, 0.1) is 5.92 Å². The number of hydrogen-bond acceptors (Lipinski definition) is 2. The SMILES string of the molecule is O=C(NC[C@H]1CCCN2CCCC[C@H]12)c1cc(-n2cccc2)ccc1Cl. The second-order valence-corrected chi connectivity index (χ2v) is 7.87. The lowest BCUT2D eigenvalue weighted by Gasteiger charge is -2.44. The van der Waals surface area contributed by atoms with Crippen LogP contribution in [0.15, 0.2) is 42.7 Å². The number of nitrogens with zero attached hydrogens (tertiary/aromatic N) is 2. The minimum atomic E-state index is -0.0723. The van der Waals surface area contributed by atoms with Crippen LogP contribution in [0.25, 0.3) is 5.69 Å². The molecule has 0 unspecified atom stereocenters. The standard InChI is InChI=1S/C21H26ClN3O/c22-19-9-8-17(24-10-3-4-11-24)14-18(19)21(26)23-15-16-6-5-13-25-12-2-1-7-20(16)25/h3-4,8-11,14,16,20H,1-2,5-7,12-13,15H2,(H,23,26)/t16-,20-/m1/s1. The lowest BCUT2D eigenvalue weighted by atomic mass is 9.83. The summed E-state index contributed by atoms with van der Waals surface area (Å²) in [5.41, 5.74) is 1.50. The Balaban J connectivity index is 1.44. The zero-order chi connectivity index (χ0) is 17.9. The third-order valence-electron chi connectivity index (χ3n) is 5.85. The van der Waals surface area contributed by atoms with Crippen LogP contribution in [-0.4, -0.2) is 41.1 Å². The molecule has 0 bridgehead atoms. The molecule has 1 N–H and O–H groups in total. The van der Waals surface area contributed by atoms with E-state index >= 15 is 0 Å². The van der Waals surface area contributed by atoms with E-state index in [0.717, 1.165) is 12.2 Å². The molecule has 0 saturated carbocycles. The number of benzene rings is 1. The Morgan fingerprint density at radius 1 is 1.12 bits per heavy atom. The number of amides is 1. The summed E-state index contributed by atoms with van der Waals surface area (Å²) in [6.45, 7) is 3.18. The highest BCUT2D eigenvalue weighted by Crippen LogP contribution is 2.30. The van der Waals surface area contributed by atoms with Crippen molar-refractivity contribution < 1.29 is 4.79 Å². The number of piperidine rings is 2. The van der Waals surface area contributed by atoms with Gasteiger partial charge in [-0.2, -0.15) is 0 Å². The minimum Gasteiger partial charge on any atom is -0.352 e. The highest BCUT2D eigenvalue weighted by molar-refractivity contribution is 6.33. The molecule has 2 aliphatic heterocycles. The highest BCUT2D eigenvalue weighted by atomic mass is 35.5. The normalized spacial score (nSPS) is 23.4. The van der Waals surface area contributed by atoms with Gasteiger partial charge in [-0.05, 0) is 75.0 Å². The Morgan fingerprint density at radius 3 is 2.77 bits per heavy atom. The highest BCUT2D eigenvalue weighted by Gasteiger charge is 2.33. The molecule has 5 heteroatoms. The maximum absolute atomic E-state index is 12.8. The monoisotopic (exact) mass is 371 g/mol. The maximum atomic E-state index is 12.8. The lowest BCUT2D eigenvalue weighted by Crippen LogP contribution is -2.51. The van der Waals surface area contributed by atoms with Crippen LogP contribution in [-0.2, 0) is 0 Å². The third kappa shape index (κ3) is 3.67. The van der Waals surface area contributed by atoms with E-state index in [-0.39, 0.29) is 5.91 Å². The largest absolute Gasteiger partial charge is 0.352 e. The summed E-state index contributed by atoms with van der Waals surface area (Å²) in [6, 6.07) is 10.2. The molecule has 26 heavy (non-hydrogen) atoms. The zero-order valence-electron chi connectivity index (χ0n) is 15.0. The molecule has 2 fully saturated rings. The van der Waals surface area contributed by atoms with Crippen LogP contribution < -0.4 is 5.32 Å². The fourth-order valence-electron chi connectivity index (χ4n) is 4.49. The van der Waals surface area contributed by atoms with E-state index in [0.29, 0.717) is 22.5 Å². The van der Waals surface area contributed by atoms with Gasteiger partial charge in [-0.1, -0.05) is 18.0 Å². The Labute approximate surface area is 160 Å². The molecule has 1 aromatic carbocycles. The lowest BCUT2D eigenvalue weighted by molar-refractivity contribution is 0.0575. The fourth-order valence-corrected chi connectivity index (χ4v) is 4.69. The van der Waals surface area contributed by atoms with E-state index < -0.39 is 0 Å². The number of carbonyl (C=O) groups is 1. The van der Waals surface area contributed by atoms with Crippen molar-refractivity contribution >= 4 is 17.5 Å². The first-order chi connectivity index (χ1) is 12.7. The van der Waals surface area contributed by atoms with Crippen molar-refractivity contribution in [2.45, 2.75) is 38.1 Å². The Morgan fingerprint density at radius 2 is 1.92 bits per heavy atom. The van der Waals surface area contributed by atoms with Crippen molar-refractivity contribution in [2.75, 3.05) is 19.6 Å². The number of nitrogens with one attached hydrogen (secondary N) is 1. The topological polar surface area (TPSA) is 37.3 Å². The number of hydrogen-bond donors (Lipinski definition) is 1. The van der Waals surface area contributed by atoms with Crippen molar-refractivity contribution in [3.63, 3.8) is 0 Å². The molecule has 4 nitrogen and oxygen atoms in total. The maximum Gasteiger partial charge on any atom is 0.252 e. The van der Waals surface area contributed by atoms with Gasteiger partial charge in [0.2, 0.25) is 0 Å². The zero-order valence-corrected chi connectivity index (χ0v) is 15.8. The molecule has 1 amide bonds. The molecule has 1 aromatic heterocycles. The number of rotatable bonds is 4. The second kappa shape index (κ2) is 7.85. The molecule has 2 saturated heterocycles. The quantitative estimate of drug-likeness (QED) is 0.877. The van der Waals surface area contributed by atoms with Gasteiger partial charge in [0.15, 0.2) is 0 Å². The Bertz CT molecular complexity index is 757.